The third-order valence-corrected chi connectivity index (χ3v) is 6.93. The van der Waals surface area contributed by atoms with Gasteiger partial charge in [0.05, 0.1) is 17.1 Å². The molecule has 6 heteroatoms. The van der Waals surface area contributed by atoms with Crippen molar-refractivity contribution in [3.63, 3.8) is 0 Å². The van der Waals surface area contributed by atoms with Gasteiger partial charge in [-0.3, -0.25) is 4.79 Å². The second-order valence-corrected chi connectivity index (χ2v) is 9.54. The summed E-state index contributed by atoms with van der Waals surface area (Å²) in [5, 5.41) is 0. The normalized spacial score (nSPS) is 18.9. The molecule has 2 aromatic carbocycles. The fraction of sp³-hybridized carbons (Fsp3) is 0.316. The quantitative estimate of drug-likeness (QED) is 0.757. The van der Waals surface area contributed by atoms with Gasteiger partial charge in [-0.1, -0.05) is 42.0 Å². The van der Waals surface area contributed by atoms with E-state index in [-0.39, 0.29) is 23.5 Å². The lowest BCUT2D eigenvalue weighted by Gasteiger charge is -2.29. The first-order valence-corrected chi connectivity index (χ1v) is 10.8. The SMILES string of the molecule is Cc1ccc(CN(C(=O)c2ccccc2Br)C2CCS(=O)(=O)C2)cc1. The Labute approximate surface area is 156 Å². The van der Waals surface area contributed by atoms with Crippen LogP contribution in [0.15, 0.2) is 53.0 Å². The summed E-state index contributed by atoms with van der Waals surface area (Å²) in [6.07, 6.45) is 0.490. The first-order valence-electron chi connectivity index (χ1n) is 8.17. The predicted octanol–water partition coefficient (Wildman–Crippen LogP) is 3.59. The molecule has 0 radical (unpaired) electrons. The Bertz CT molecular complexity index is 878. The van der Waals surface area contributed by atoms with Crippen molar-refractivity contribution < 1.29 is 13.2 Å². The zero-order chi connectivity index (χ0) is 18.0. The highest BCUT2D eigenvalue weighted by Crippen LogP contribution is 2.25. The number of rotatable bonds is 4. The van der Waals surface area contributed by atoms with Gasteiger partial charge in [-0.15, -0.1) is 0 Å². The molecule has 1 amide bonds. The Morgan fingerprint density at radius 3 is 2.44 bits per heavy atom. The van der Waals surface area contributed by atoms with E-state index in [0.29, 0.717) is 18.5 Å². The van der Waals surface area contributed by atoms with Crippen LogP contribution in [0.3, 0.4) is 0 Å². The van der Waals surface area contributed by atoms with Crippen LogP contribution in [0.4, 0.5) is 0 Å². The van der Waals surface area contributed by atoms with Crippen LogP contribution in [-0.2, 0) is 16.4 Å². The smallest absolute Gasteiger partial charge is 0.255 e. The molecule has 1 aliphatic heterocycles. The van der Waals surface area contributed by atoms with Gasteiger partial charge in [-0.05, 0) is 47.0 Å². The standard InChI is InChI=1S/C19H20BrNO3S/c1-14-6-8-15(9-7-14)12-21(16-10-11-25(23,24)13-16)19(22)17-4-2-3-5-18(17)20/h2-9,16H,10-13H2,1H3. The van der Waals surface area contributed by atoms with Gasteiger partial charge in [0.15, 0.2) is 9.84 Å². The van der Waals surface area contributed by atoms with Gasteiger partial charge in [0, 0.05) is 17.1 Å². The molecule has 0 spiro atoms. The molecule has 25 heavy (non-hydrogen) atoms. The van der Waals surface area contributed by atoms with Crippen LogP contribution in [0.25, 0.3) is 0 Å². The number of carbonyl (C=O) groups excluding carboxylic acids is 1. The predicted molar refractivity (Wildman–Crippen MR) is 102 cm³/mol. The maximum absolute atomic E-state index is 13.1. The maximum atomic E-state index is 13.1. The molecule has 0 aliphatic carbocycles. The van der Waals surface area contributed by atoms with Crippen molar-refractivity contribution in [1.82, 2.24) is 4.90 Å². The number of sulfone groups is 1. The van der Waals surface area contributed by atoms with Gasteiger partial charge in [0.25, 0.3) is 5.91 Å². The molecule has 2 aromatic rings. The molecule has 0 aromatic heterocycles. The van der Waals surface area contributed by atoms with E-state index >= 15 is 0 Å². The topological polar surface area (TPSA) is 54.5 Å². The average Bonchev–Trinajstić information content (AvgIpc) is 2.94. The van der Waals surface area contributed by atoms with E-state index in [1.807, 2.05) is 49.4 Å². The maximum Gasteiger partial charge on any atom is 0.255 e. The summed E-state index contributed by atoms with van der Waals surface area (Å²) in [7, 11) is -3.07. The van der Waals surface area contributed by atoms with Crippen molar-refractivity contribution in [3.8, 4) is 0 Å². The minimum atomic E-state index is -3.07. The summed E-state index contributed by atoms with van der Waals surface area (Å²) >= 11 is 3.43. The minimum absolute atomic E-state index is 0.0368. The van der Waals surface area contributed by atoms with Crippen LogP contribution in [-0.4, -0.2) is 36.8 Å². The summed E-state index contributed by atoms with van der Waals surface area (Å²) in [6.45, 7) is 2.41. The van der Waals surface area contributed by atoms with E-state index in [1.165, 1.54) is 0 Å². The molecule has 3 rings (SSSR count). The van der Waals surface area contributed by atoms with E-state index in [9.17, 15) is 13.2 Å². The highest BCUT2D eigenvalue weighted by Gasteiger charge is 2.35. The summed E-state index contributed by atoms with van der Waals surface area (Å²) in [5.41, 5.74) is 2.70. The van der Waals surface area contributed by atoms with Gasteiger partial charge < -0.3 is 4.90 Å². The van der Waals surface area contributed by atoms with E-state index in [4.69, 9.17) is 0 Å². The molecule has 4 nitrogen and oxygen atoms in total. The Balaban J connectivity index is 1.92. The van der Waals surface area contributed by atoms with Crippen LogP contribution in [0.5, 0.6) is 0 Å². The number of hydrogen-bond donors (Lipinski definition) is 0. The third kappa shape index (κ3) is 4.30. The number of aryl methyl sites for hydroxylation is 1. The molecule has 1 heterocycles. The molecule has 1 aliphatic rings. The second kappa shape index (κ2) is 7.30. The highest BCUT2D eigenvalue weighted by molar-refractivity contribution is 9.10. The minimum Gasteiger partial charge on any atom is -0.330 e. The number of halogens is 1. The van der Waals surface area contributed by atoms with E-state index in [0.717, 1.165) is 15.6 Å². The lowest BCUT2D eigenvalue weighted by molar-refractivity contribution is 0.0680. The zero-order valence-corrected chi connectivity index (χ0v) is 16.4. The lowest BCUT2D eigenvalue weighted by atomic mass is 10.1. The molecule has 1 saturated heterocycles. The first-order chi connectivity index (χ1) is 11.9. The van der Waals surface area contributed by atoms with Crippen LogP contribution in [0.1, 0.15) is 27.9 Å². The van der Waals surface area contributed by atoms with E-state index in [2.05, 4.69) is 15.9 Å². The van der Waals surface area contributed by atoms with Gasteiger partial charge in [0.1, 0.15) is 0 Å². The van der Waals surface area contributed by atoms with Gasteiger partial charge >= 0.3 is 0 Å². The number of benzene rings is 2. The van der Waals surface area contributed by atoms with Crippen molar-refractivity contribution >= 4 is 31.7 Å². The van der Waals surface area contributed by atoms with E-state index in [1.54, 1.807) is 11.0 Å². The molecule has 0 N–H and O–H groups in total. The number of nitrogens with zero attached hydrogens (tertiary/aromatic N) is 1. The van der Waals surface area contributed by atoms with Gasteiger partial charge in [-0.2, -0.15) is 0 Å². The van der Waals surface area contributed by atoms with Crippen LogP contribution < -0.4 is 0 Å². The summed E-state index contributed by atoms with van der Waals surface area (Å²) < 4.78 is 24.6. The summed E-state index contributed by atoms with van der Waals surface area (Å²) in [5.74, 6) is 0.0375. The van der Waals surface area contributed by atoms with Crippen molar-refractivity contribution in [1.29, 1.82) is 0 Å². The van der Waals surface area contributed by atoms with Crippen molar-refractivity contribution in [3.05, 3.63) is 69.7 Å². The lowest BCUT2D eigenvalue weighted by Crippen LogP contribution is -2.40. The highest BCUT2D eigenvalue weighted by atomic mass is 79.9. The zero-order valence-electron chi connectivity index (χ0n) is 14.0. The van der Waals surface area contributed by atoms with Crippen LogP contribution in [0, 0.1) is 6.92 Å². The molecular formula is C19H20BrNO3S. The van der Waals surface area contributed by atoms with Crippen LogP contribution in [0.2, 0.25) is 0 Å². The second-order valence-electron chi connectivity index (χ2n) is 6.46. The van der Waals surface area contributed by atoms with Gasteiger partial charge in [-0.25, -0.2) is 8.42 Å². The Morgan fingerprint density at radius 1 is 1.16 bits per heavy atom. The molecule has 0 saturated carbocycles. The molecular weight excluding hydrogens is 402 g/mol. The van der Waals surface area contributed by atoms with Crippen molar-refractivity contribution in [2.45, 2.75) is 25.9 Å². The van der Waals surface area contributed by atoms with Crippen LogP contribution >= 0.6 is 15.9 Å². The molecule has 0 bridgehead atoms. The Kier molecular flexibility index (Phi) is 5.29. The summed E-state index contributed by atoms with van der Waals surface area (Å²) in [6, 6.07) is 14.9. The van der Waals surface area contributed by atoms with Crippen molar-refractivity contribution in [2.75, 3.05) is 11.5 Å². The largest absolute Gasteiger partial charge is 0.330 e. The third-order valence-electron chi connectivity index (χ3n) is 4.49. The molecule has 1 atom stereocenters. The fourth-order valence-corrected chi connectivity index (χ4v) is 5.25. The Hall–Kier alpha value is -1.66. The molecule has 1 unspecified atom stereocenters. The fourth-order valence-electron chi connectivity index (χ4n) is 3.07. The molecule has 1 fully saturated rings. The number of hydrogen-bond acceptors (Lipinski definition) is 3. The monoisotopic (exact) mass is 421 g/mol. The molecule has 132 valence electrons. The van der Waals surface area contributed by atoms with Gasteiger partial charge in [0.2, 0.25) is 0 Å². The Morgan fingerprint density at radius 2 is 1.84 bits per heavy atom. The average molecular weight is 422 g/mol. The summed E-state index contributed by atoms with van der Waals surface area (Å²) in [4.78, 5) is 14.8. The first kappa shape index (κ1) is 18.1. The number of carbonyl (C=O) groups is 1. The van der Waals surface area contributed by atoms with E-state index < -0.39 is 9.84 Å². The van der Waals surface area contributed by atoms with Crippen molar-refractivity contribution in [2.24, 2.45) is 0 Å². The number of amides is 1.